The van der Waals surface area contributed by atoms with Crippen LogP contribution in [0.5, 0.6) is 0 Å². The first-order chi connectivity index (χ1) is 14.4. The molecule has 7 nitrogen and oxygen atoms in total. The second-order valence-electron chi connectivity index (χ2n) is 9.25. The third-order valence-corrected chi connectivity index (χ3v) is 7.85. The van der Waals surface area contributed by atoms with Crippen molar-refractivity contribution in [1.29, 1.82) is 0 Å². The number of hydrogen-bond acceptors (Lipinski definition) is 4. The van der Waals surface area contributed by atoms with Crippen LogP contribution in [-0.2, 0) is 15.6 Å². The minimum atomic E-state index is -4.14. The molecule has 2 N–H and O–H groups in total. The summed E-state index contributed by atoms with van der Waals surface area (Å²) in [6.07, 6.45) is -1.59. The van der Waals surface area contributed by atoms with Crippen LogP contribution >= 0.6 is 0 Å². The van der Waals surface area contributed by atoms with Gasteiger partial charge in [0, 0.05) is 36.2 Å². The zero-order chi connectivity index (χ0) is 22.6. The maximum atomic E-state index is 13.0. The lowest BCUT2D eigenvalue weighted by atomic mass is 9.79. The van der Waals surface area contributed by atoms with Gasteiger partial charge in [-0.05, 0) is 51.5 Å². The molecule has 0 spiro atoms. The summed E-state index contributed by atoms with van der Waals surface area (Å²) in [7, 11) is -3.80. The third kappa shape index (κ3) is 4.45. The Hall–Kier alpha value is -1.72. The van der Waals surface area contributed by atoms with Crippen LogP contribution in [0.3, 0.4) is 0 Å². The number of alkyl halides is 3. The van der Waals surface area contributed by atoms with Crippen molar-refractivity contribution in [1.82, 2.24) is 18.9 Å². The number of rotatable bonds is 3. The SMILES string of the molecule is Cc1cc([C@]2(C)CCCN(S(N)(=O)=O)C2)n2nc(C3CCC(C(F)(F)F)CC3)cc2n1. The third-order valence-electron chi connectivity index (χ3n) is 6.82. The molecule has 4 rings (SSSR count). The molecule has 3 heterocycles. The highest BCUT2D eigenvalue weighted by molar-refractivity contribution is 7.86. The molecule has 0 radical (unpaired) electrons. The van der Waals surface area contributed by atoms with E-state index in [4.69, 9.17) is 10.2 Å². The Morgan fingerprint density at radius 3 is 2.48 bits per heavy atom. The minimum absolute atomic E-state index is 0.0338. The van der Waals surface area contributed by atoms with Crippen molar-refractivity contribution >= 4 is 15.9 Å². The zero-order valence-corrected chi connectivity index (χ0v) is 18.5. The molecule has 1 aliphatic carbocycles. The van der Waals surface area contributed by atoms with E-state index in [1.165, 1.54) is 4.31 Å². The number of piperidine rings is 1. The van der Waals surface area contributed by atoms with Gasteiger partial charge in [-0.25, -0.2) is 14.6 Å². The minimum Gasteiger partial charge on any atom is -0.234 e. The Labute approximate surface area is 180 Å². The van der Waals surface area contributed by atoms with E-state index in [0.29, 0.717) is 31.5 Å². The molecule has 0 bridgehead atoms. The fraction of sp³-hybridized carbons (Fsp3) is 0.700. The molecule has 11 heteroatoms. The van der Waals surface area contributed by atoms with Crippen LogP contribution in [0, 0.1) is 12.8 Å². The molecule has 2 aliphatic rings. The summed E-state index contributed by atoms with van der Waals surface area (Å²) in [5, 5.41) is 10.1. The van der Waals surface area contributed by atoms with E-state index in [9.17, 15) is 21.6 Å². The van der Waals surface area contributed by atoms with Crippen LogP contribution in [0.4, 0.5) is 13.2 Å². The molecule has 172 valence electrons. The highest BCUT2D eigenvalue weighted by atomic mass is 32.2. The Bertz CT molecular complexity index is 1080. The molecular formula is C20H28F3N5O2S. The molecule has 0 aromatic carbocycles. The summed E-state index contributed by atoms with van der Waals surface area (Å²) in [6, 6.07) is 3.77. The predicted molar refractivity (Wildman–Crippen MR) is 110 cm³/mol. The van der Waals surface area contributed by atoms with E-state index in [1.54, 1.807) is 4.52 Å². The van der Waals surface area contributed by atoms with Gasteiger partial charge in [0.25, 0.3) is 10.2 Å². The molecule has 0 amide bonds. The molecule has 0 unspecified atom stereocenters. The normalized spacial score (nSPS) is 28.8. The molecule has 31 heavy (non-hydrogen) atoms. The monoisotopic (exact) mass is 459 g/mol. The summed E-state index contributed by atoms with van der Waals surface area (Å²) < 4.78 is 65.9. The van der Waals surface area contributed by atoms with Gasteiger partial charge in [-0.15, -0.1) is 0 Å². The Morgan fingerprint density at radius 1 is 1.19 bits per heavy atom. The fourth-order valence-corrected chi connectivity index (χ4v) is 5.93. The van der Waals surface area contributed by atoms with Crippen LogP contribution < -0.4 is 5.14 Å². The molecule has 1 saturated heterocycles. The van der Waals surface area contributed by atoms with Gasteiger partial charge in [0.1, 0.15) is 0 Å². The van der Waals surface area contributed by atoms with Crippen LogP contribution in [0.15, 0.2) is 12.1 Å². The summed E-state index contributed by atoms with van der Waals surface area (Å²) in [5.74, 6) is -1.27. The summed E-state index contributed by atoms with van der Waals surface area (Å²) in [6.45, 7) is 4.49. The van der Waals surface area contributed by atoms with Gasteiger partial charge in [0.2, 0.25) is 0 Å². The van der Waals surface area contributed by atoms with Crippen molar-refractivity contribution in [3.8, 4) is 0 Å². The van der Waals surface area contributed by atoms with E-state index in [-0.39, 0.29) is 25.3 Å². The highest BCUT2D eigenvalue weighted by Crippen LogP contribution is 2.43. The van der Waals surface area contributed by atoms with Crippen LogP contribution in [-0.4, -0.2) is 46.6 Å². The van der Waals surface area contributed by atoms with Crippen LogP contribution in [0.2, 0.25) is 0 Å². The van der Waals surface area contributed by atoms with Gasteiger partial charge in [-0.2, -0.15) is 31.0 Å². The molecule has 2 aromatic rings. The van der Waals surface area contributed by atoms with Crippen molar-refractivity contribution in [2.75, 3.05) is 13.1 Å². The average molecular weight is 460 g/mol. The molecule has 1 atom stereocenters. The molecule has 2 fully saturated rings. The first kappa shape index (κ1) is 22.5. The Morgan fingerprint density at radius 2 is 1.87 bits per heavy atom. The van der Waals surface area contributed by atoms with Crippen LogP contribution in [0.1, 0.15) is 68.4 Å². The van der Waals surface area contributed by atoms with Gasteiger partial charge in [-0.1, -0.05) is 6.92 Å². The average Bonchev–Trinajstić information content (AvgIpc) is 3.10. The maximum Gasteiger partial charge on any atom is 0.391 e. The van der Waals surface area contributed by atoms with E-state index < -0.39 is 27.7 Å². The lowest BCUT2D eigenvalue weighted by molar-refractivity contribution is -0.182. The second kappa shape index (κ2) is 7.70. The number of aromatic nitrogens is 3. The van der Waals surface area contributed by atoms with Crippen molar-refractivity contribution in [2.24, 2.45) is 11.1 Å². The van der Waals surface area contributed by atoms with Crippen molar-refractivity contribution in [3.63, 3.8) is 0 Å². The number of hydrogen-bond donors (Lipinski definition) is 1. The number of halogens is 3. The molecule has 1 saturated carbocycles. The topological polar surface area (TPSA) is 93.6 Å². The van der Waals surface area contributed by atoms with Crippen LogP contribution in [0.25, 0.3) is 5.65 Å². The predicted octanol–water partition coefficient (Wildman–Crippen LogP) is 3.43. The first-order valence-electron chi connectivity index (χ1n) is 10.6. The molecular weight excluding hydrogens is 431 g/mol. The Kier molecular flexibility index (Phi) is 5.58. The van der Waals surface area contributed by atoms with E-state index in [1.807, 2.05) is 26.0 Å². The van der Waals surface area contributed by atoms with Crippen molar-refractivity contribution in [3.05, 3.63) is 29.2 Å². The standard InChI is InChI=1S/C20H28F3N5O2S/c1-13-10-17(19(2)8-3-9-27(12-19)31(24,29)30)28-18(25-13)11-16(26-28)14-4-6-15(7-5-14)20(21,22)23/h10-11,14-15H,3-9,12H2,1-2H3,(H2,24,29,30)/t14?,15?,19-/m1/s1. The van der Waals surface area contributed by atoms with Gasteiger partial charge < -0.3 is 0 Å². The summed E-state index contributed by atoms with van der Waals surface area (Å²) in [4.78, 5) is 4.56. The van der Waals surface area contributed by atoms with Crippen molar-refractivity contribution in [2.45, 2.75) is 69.9 Å². The summed E-state index contributed by atoms with van der Waals surface area (Å²) >= 11 is 0. The largest absolute Gasteiger partial charge is 0.391 e. The van der Waals surface area contributed by atoms with E-state index in [2.05, 4.69) is 4.98 Å². The lowest BCUT2D eigenvalue weighted by Gasteiger charge is -2.39. The van der Waals surface area contributed by atoms with Gasteiger partial charge >= 0.3 is 6.18 Å². The highest BCUT2D eigenvalue weighted by Gasteiger charge is 2.42. The number of aryl methyl sites for hydroxylation is 1. The maximum absolute atomic E-state index is 13.0. The first-order valence-corrected chi connectivity index (χ1v) is 12.1. The van der Waals surface area contributed by atoms with Gasteiger partial charge in [0.05, 0.1) is 17.3 Å². The quantitative estimate of drug-likeness (QED) is 0.761. The van der Waals surface area contributed by atoms with Crippen molar-refractivity contribution < 1.29 is 21.6 Å². The van der Waals surface area contributed by atoms with E-state index in [0.717, 1.165) is 23.5 Å². The lowest BCUT2D eigenvalue weighted by Crippen LogP contribution is -2.50. The Balaban J connectivity index is 1.66. The second-order valence-corrected chi connectivity index (χ2v) is 10.8. The van der Waals surface area contributed by atoms with Gasteiger partial charge in [0.15, 0.2) is 5.65 Å². The smallest absolute Gasteiger partial charge is 0.234 e. The number of nitrogens with zero attached hydrogens (tertiary/aromatic N) is 4. The number of nitrogens with two attached hydrogens (primary N) is 1. The fourth-order valence-electron chi connectivity index (χ4n) is 5.08. The van der Waals surface area contributed by atoms with Gasteiger partial charge in [-0.3, -0.25) is 0 Å². The van der Waals surface area contributed by atoms with E-state index >= 15 is 0 Å². The zero-order valence-electron chi connectivity index (χ0n) is 17.7. The summed E-state index contributed by atoms with van der Waals surface area (Å²) in [5.41, 5.74) is 2.51. The molecule has 1 aliphatic heterocycles. The number of fused-ring (bicyclic) bond motifs is 1. The molecule has 2 aromatic heterocycles.